The summed E-state index contributed by atoms with van der Waals surface area (Å²) in [5, 5.41) is 0.788. The Labute approximate surface area is 159 Å². The lowest BCUT2D eigenvalue weighted by molar-refractivity contribution is -0.135. The number of nitrogens with zero attached hydrogens (tertiary/aromatic N) is 2. The van der Waals surface area contributed by atoms with Gasteiger partial charge in [0.1, 0.15) is 0 Å². The number of carbonyl (C=O) groups excluding carboxylic acids is 1. The molecule has 0 bridgehead atoms. The van der Waals surface area contributed by atoms with Crippen molar-refractivity contribution >= 4 is 17.5 Å². The van der Waals surface area contributed by atoms with E-state index in [0.717, 1.165) is 30.2 Å². The summed E-state index contributed by atoms with van der Waals surface area (Å²) in [6, 6.07) is 15.2. The summed E-state index contributed by atoms with van der Waals surface area (Å²) in [5.41, 5.74) is 1.12. The topological polar surface area (TPSA) is 42.0 Å². The second-order valence-electron chi connectivity index (χ2n) is 6.19. The van der Waals surface area contributed by atoms with E-state index in [1.165, 1.54) is 0 Å². The number of para-hydroxylation sites is 2. The molecule has 0 radical (unpaired) electrons. The molecule has 2 aromatic rings. The van der Waals surface area contributed by atoms with Crippen LogP contribution in [0.15, 0.2) is 48.5 Å². The van der Waals surface area contributed by atoms with Gasteiger partial charge in [0.05, 0.1) is 7.11 Å². The number of methoxy groups -OCH3 is 1. The Bertz CT molecular complexity index is 745. The quantitative estimate of drug-likeness (QED) is 0.779. The lowest BCUT2D eigenvalue weighted by atomic mass is 10.2. The maximum absolute atomic E-state index is 12.4. The Morgan fingerprint density at radius 3 is 2.35 bits per heavy atom. The molecule has 0 saturated carbocycles. The predicted octanol–water partition coefficient (Wildman–Crippen LogP) is 3.07. The minimum Gasteiger partial charge on any atom is -0.493 e. The molecule has 0 unspecified atom stereocenters. The zero-order chi connectivity index (χ0) is 18.4. The van der Waals surface area contributed by atoms with Crippen molar-refractivity contribution in [3.8, 4) is 11.5 Å². The molecule has 3 rings (SSSR count). The van der Waals surface area contributed by atoms with Crippen molar-refractivity contribution in [3.05, 3.63) is 59.1 Å². The van der Waals surface area contributed by atoms with E-state index >= 15 is 0 Å². The second kappa shape index (κ2) is 8.92. The third kappa shape index (κ3) is 4.68. The second-order valence-corrected chi connectivity index (χ2v) is 6.60. The first kappa shape index (κ1) is 18.5. The number of halogens is 1. The maximum Gasteiger partial charge on any atom is 0.260 e. The summed E-state index contributed by atoms with van der Waals surface area (Å²) in [6.45, 7) is 3.86. The summed E-state index contributed by atoms with van der Waals surface area (Å²) in [4.78, 5) is 16.6. The van der Waals surface area contributed by atoms with Gasteiger partial charge < -0.3 is 14.4 Å². The van der Waals surface area contributed by atoms with Crippen LogP contribution < -0.4 is 9.47 Å². The molecule has 6 heteroatoms. The average Bonchev–Trinajstić information content (AvgIpc) is 2.68. The molecule has 1 saturated heterocycles. The highest BCUT2D eigenvalue weighted by molar-refractivity contribution is 6.31. The van der Waals surface area contributed by atoms with Gasteiger partial charge in [0.15, 0.2) is 18.1 Å². The van der Waals surface area contributed by atoms with E-state index in [0.29, 0.717) is 24.6 Å². The predicted molar refractivity (Wildman–Crippen MR) is 102 cm³/mol. The molecule has 2 aromatic carbocycles. The molecule has 1 fully saturated rings. The van der Waals surface area contributed by atoms with Crippen LogP contribution in [0.3, 0.4) is 0 Å². The van der Waals surface area contributed by atoms with Gasteiger partial charge in [-0.2, -0.15) is 0 Å². The lowest BCUT2D eigenvalue weighted by Gasteiger charge is -2.34. The van der Waals surface area contributed by atoms with Crippen LogP contribution in [0.2, 0.25) is 5.02 Å². The number of hydrogen-bond donors (Lipinski definition) is 0. The minimum absolute atomic E-state index is 0.00620. The van der Waals surface area contributed by atoms with Gasteiger partial charge in [-0.3, -0.25) is 9.69 Å². The van der Waals surface area contributed by atoms with E-state index < -0.39 is 0 Å². The van der Waals surface area contributed by atoms with Gasteiger partial charge in [-0.25, -0.2) is 0 Å². The standard InChI is InChI=1S/C20H23ClN2O3/c1-25-18-8-4-5-9-19(18)26-15-20(24)23-12-10-22(11-13-23)14-16-6-2-3-7-17(16)21/h2-9H,10-15H2,1H3. The fourth-order valence-electron chi connectivity index (χ4n) is 2.99. The van der Waals surface area contributed by atoms with Crippen LogP contribution in [0.5, 0.6) is 11.5 Å². The van der Waals surface area contributed by atoms with Gasteiger partial charge in [0.2, 0.25) is 0 Å². The van der Waals surface area contributed by atoms with Gasteiger partial charge in [-0.05, 0) is 23.8 Å². The first-order valence-electron chi connectivity index (χ1n) is 8.66. The van der Waals surface area contributed by atoms with Crippen LogP contribution in [0.4, 0.5) is 0 Å². The Hall–Kier alpha value is -2.24. The molecule has 0 aliphatic carbocycles. The Morgan fingerprint density at radius 1 is 1.00 bits per heavy atom. The molecular weight excluding hydrogens is 352 g/mol. The molecule has 26 heavy (non-hydrogen) atoms. The van der Waals surface area contributed by atoms with E-state index in [2.05, 4.69) is 4.90 Å². The average molecular weight is 375 g/mol. The van der Waals surface area contributed by atoms with Gasteiger partial charge >= 0.3 is 0 Å². The van der Waals surface area contributed by atoms with Crippen LogP contribution in [-0.2, 0) is 11.3 Å². The molecule has 1 amide bonds. The number of hydrogen-bond acceptors (Lipinski definition) is 4. The molecule has 0 N–H and O–H groups in total. The number of amides is 1. The van der Waals surface area contributed by atoms with E-state index in [-0.39, 0.29) is 12.5 Å². The third-order valence-corrected chi connectivity index (χ3v) is 4.87. The van der Waals surface area contributed by atoms with Crippen LogP contribution in [0.25, 0.3) is 0 Å². The van der Waals surface area contributed by atoms with Crippen molar-refractivity contribution in [2.45, 2.75) is 6.54 Å². The Kier molecular flexibility index (Phi) is 6.36. The third-order valence-electron chi connectivity index (χ3n) is 4.50. The molecule has 0 atom stereocenters. The smallest absolute Gasteiger partial charge is 0.260 e. The van der Waals surface area contributed by atoms with Crippen molar-refractivity contribution in [2.24, 2.45) is 0 Å². The molecular formula is C20H23ClN2O3. The summed E-state index contributed by atoms with van der Waals surface area (Å²) < 4.78 is 10.9. The number of carbonyl (C=O) groups is 1. The van der Waals surface area contributed by atoms with Crippen molar-refractivity contribution < 1.29 is 14.3 Å². The van der Waals surface area contributed by atoms with Gasteiger partial charge in [0, 0.05) is 37.7 Å². The highest BCUT2D eigenvalue weighted by atomic mass is 35.5. The Balaban J connectivity index is 1.47. The van der Waals surface area contributed by atoms with Crippen molar-refractivity contribution in [3.63, 3.8) is 0 Å². The maximum atomic E-state index is 12.4. The van der Waals surface area contributed by atoms with Crippen molar-refractivity contribution in [1.82, 2.24) is 9.80 Å². The summed E-state index contributed by atoms with van der Waals surface area (Å²) in [7, 11) is 1.59. The molecule has 1 aliphatic rings. The summed E-state index contributed by atoms with van der Waals surface area (Å²) in [5.74, 6) is 1.21. The molecule has 1 aliphatic heterocycles. The lowest BCUT2D eigenvalue weighted by Crippen LogP contribution is -2.49. The molecule has 0 spiro atoms. The fourth-order valence-corrected chi connectivity index (χ4v) is 3.19. The largest absolute Gasteiger partial charge is 0.493 e. The zero-order valence-electron chi connectivity index (χ0n) is 14.9. The number of rotatable bonds is 6. The summed E-state index contributed by atoms with van der Waals surface area (Å²) >= 11 is 6.23. The van der Waals surface area contributed by atoms with E-state index in [1.807, 2.05) is 47.4 Å². The first-order valence-corrected chi connectivity index (χ1v) is 9.04. The SMILES string of the molecule is COc1ccccc1OCC(=O)N1CCN(Cc2ccccc2Cl)CC1. The van der Waals surface area contributed by atoms with Crippen LogP contribution in [-0.4, -0.2) is 55.6 Å². The Morgan fingerprint density at radius 2 is 1.65 bits per heavy atom. The summed E-state index contributed by atoms with van der Waals surface area (Å²) in [6.07, 6.45) is 0. The van der Waals surface area contributed by atoms with E-state index in [1.54, 1.807) is 13.2 Å². The monoisotopic (exact) mass is 374 g/mol. The number of benzene rings is 2. The molecule has 5 nitrogen and oxygen atoms in total. The van der Waals surface area contributed by atoms with Gasteiger partial charge in [-0.1, -0.05) is 41.9 Å². The van der Waals surface area contributed by atoms with Crippen LogP contribution in [0, 0.1) is 0 Å². The van der Waals surface area contributed by atoms with Crippen LogP contribution in [0.1, 0.15) is 5.56 Å². The molecule has 0 aromatic heterocycles. The first-order chi connectivity index (χ1) is 12.7. The van der Waals surface area contributed by atoms with Gasteiger partial charge in [-0.15, -0.1) is 0 Å². The highest BCUT2D eigenvalue weighted by Crippen LogP contribution is 2.25. The normalized spacial score (nSPS) is 14.9. The zero-order valence-corrected chi connectivity index (χ0v) is 15.6. The van der Waals surface area contributed by atoms with Crippen molar-refractivity contribution in [1.29, 1.82) is 0 Å². The number of ether oxygens (including phenoxy) is 2. The van der Waals surface area contributed by atoms with Crippen molar-refractivity contribution in [2.75, 3.05) is 39.9 Å². The van der Waals surface area contributed by atoms with E-state index in [9.17, 15) is 4.79 Å². The van der Waals surface area contributed by atoms with E-state index in [4.69, 9.17) is 21.1 Å². The van der Waals surface area contributed by atoms with Crippen LogP contribution >= 0.6 is 11.6 Å². The van der Waals surface area contributed by atoms with Gasteiger partial charge in [0.25, 0.3) is 5.91 Å². The molecule has 138 valence electrons. The molecule has 1 heterocycles. The minimum atomic E-state index is -0.00620. The number of piperazine rings is 1. The highest BCUT2D eigenvalue weighted by Gasteiger charge is 2.22. The fraction of sp³-hybridized carbons (Fsp3) is 0.350.